The van der Waals surface area contributed by atoms with E-state index in [9.17, 15) is 19.2 Å². The molecule has 0 aliphatic rings. The SMILES string of the molecule is CCOC(=O)C(CC)C(=O)N[C@H](CNC(=O)Cn1cnc2sccc2c1=O)C(C)(C)C. The fourth-order valence-electron chi connectivity index (χ4n) is 2.98. The monoisotopic (exact) mass is 450 g/mol. The van der Waals surface area contributed by atoms with Crippen LogP contribution in [0.5, 0.6) is 0 Å². The highest BCUT2D eigenvalue weighted by molar-refractivity contribution is 7.16. The normalized spacial score (nSPS) is 13.5. The van der Waals surface area contributed by atoms with Crippen LogP contribution in [0.2, 0.25) is 0 Å². The first-order chi connectivity index (χ1) is 14.6. The van der Waals surface area contributed by atoms with Crippen molar-refractivity contribution < 1.29 is 19.1 Å². The van der Waals surface area contributed by atoms with Crippen LogP contribution in [-0.4, -0.2) is 46.5 Å². The van der Waals surface area contributed by atoms with Crippen molar-refractivity contribution in [2.75, 3.05) is 13.2 Å². The van der Waals surface area contributed by atoms with Crippen molar-refractivity contribution in [2.24, 2.45) is 11.3 Å². The zero-order valence-electron chi connectivity index (χ0n) is 18.6. The lowest BCUT2D eigenvalue weighted by Gasteiger charge is -2.32. The summed E-state index contributed by atoms with van der Waals surface area (Å²) in [7, 11) is 0. The smallest absolute Gasteiger partial charge is 0.318 e. The molecular weight excluding hydrogens is 420 g/mol. The van der Waals surface area contributed by atoms with Crippen LogP contribution >= 0.6 is 11.3 Å². The number of carbonyl (C=O) groups excluding carboxylic acids is 3. The van der Waals surface area contributed by atoms with E-state index in [-0.39, 0.29) is 36.6 Å². The Balaban J connectivity index is 2.03. The van der Waals surface area contributed by atoms with Gasteiger partial charge in [-0.1, -0.05) is 27.7 Å². The molecule has 9 nitrogen and oxygen atoms in total. The topological polar surface area (TPSA) is 119 Å². The Morgan fingerprint density at radius 1 is 1.26 bits per heavy atom. The number of ether oxygens (including phenoxy) is 1. The third-order valence-corrected chi connectivity index (χ3v) is 5.75. The Morgan fingerprint density at radius 3 is 2.58 bits per heavy atom. The zero-order chi connectivity index (χ0) is 23.2. The molecule has 2 aromatic rings. The van der Waals surface area contributed by atoms with E-state index in [1.54, 1.807) is 25.3 Å². The van der Waals surface area contributed by atoms with Gasteiger partial charge < -0.3 is 15.4 Å². The molecule has 170 valence electrons. The van der Waals surface area contributed by atoms with Gasteiger partial charge in [-0.15, -0.1) is 11.3 Å². The van der Waals surface area contributed by atoms with Gasteiger partial charge >= 0.3 is 5.97 Å². The molecule has 0 aliphatic carbocycles. The first-order valence-electron chi connectivity index (χ1n) is 10.2. The van der Waals surface area contributed by atoms with Crippen molar-refractivity contribution in [1.29, 1.82) is 0 Å². The van der Waals surface area contributed by atoms with E-state index in [2.05, 4.69) is 15.6 Å². The number of hydrogen-bond acceptors (Lipinski definition) is 7. The van der Waals surface area contributed by atoms with Gasteiger partial charge in [0.25, 0.3) is 5.56 Å². The highest BCUT2D eigenvalue weighted by atomic mass is 32.1. The van der Waals surface area contributed by atoms with Gasteiger partial charge in [0.1, 0.15) is 17.3 Å². The maximum Gasteiger partial charge on any atom is 0.318 e. The maximum atomic E-state index is 12.6. The quantitative estimate of drug-likeness (QED) is 0.443. The Morgan fingerprint density at radius 2 is 1.97 bits per heavy atom. The predicted molar refractivity (Wildman–Crippen MR) is 119 cm³/mol. The first kappa shape index (κ1) is 24.5. The predicted octanol–water partition coefficient (Wildman–Crippen LogP) is 1.69. The number of carbonyl (C=O) groups is 3. The number of nitrogens with zero attached hydrogens (tertiary/aromatic N) is 2. The Hall–Kier alpha value is -2.75. The van der Waals surface area contributed by atoms with Crippen LogP contribution in [0.3, 0.4) is 0 Å². The Bertz CT molecular complexity index is 992. The summed E-state index contributed by atoms with van der Waals surface area (Å²) >= 11 is 1.36. The van der Waals surface area contributed by atoms with E-state index in [4.69, 9.17) is 4.74 Å². The van der Waals surface area contributed by atoms with Gasteiger partial charge in [0, 0.05) is 6.54 Å². The summed E-state index contributed by atoms with van der Waals surface area (Å²) in [4.78, 5) is 54.4. The van der Waals surface area contributed by atoms with Gasteiger partial charge in [0.05, 0.1) is 24.4 Å². The molecule has 2 N–H and O–H groups in total. The molecule has 2 amide bonds. The lowest BCUT2D eigenvalue weighted by atomic mass is 9.86. The van der Waals surface area contributed by atoms with Gasteiger partial charge in [-0.05, 0) is 30.2 Å². The average Bonchev–Trinajstić information content (AvgIpc) is 3.17. The van der Waals surface area contributed by atoms with Gasteiger partial charge in [-0.2, -0.15) is 0 Å². The Labute approximate surface area is 185 Å². The second-order valence-electron chi connectivity index (χ2n) is 8.26. The lowest BCUT2D eigenvalue weighted by molar-refractivity contribution is -0.152. The minimum atomic E-state index is -0.900. The summed E-state index contributed by atoms with van der Waals surface area (Å²) in [5, 5.41) is 7.89. The molecule has 1 unspecified atom stereocenters. The molecule has 10 heteroatoms. The summed E-state index contributed by atoms with van der Waals surface area (Å²) in [6.45, 7) is 9.38. The highest BCUT2D eigenvalue weighted by Gasteiger charge is 2.32. The number of esters is 1. The summed E-state index contributed by atoms with van der Waals surface area (Å²) in [5.74, 6) is -2.27. The van der Waals surface area contributed by atoms with E-state index in [1.165, 1.54) is 22.2 Å². The van der Waals surface area contributed by atoms with E-state index in [1.807, 2.05) is 20.8 Å². The van der Waals surface area contributed by atoms with E-state index in [0.29, 0.717) is 16.6 Å². The molecule has 0 spiro atoms. The minimum absolute atomic E-state index is 0.149. The van der Waals surface area contributed by atoms with E-state index >= 15 is 0 Å². The molecule has 0 saturated heterocycles. The van der Waals surface area contributed by atoms with E-state index in [0.717, 1.165) is 0 Å². The molecule has 2 rings (SSSR count). The van der Waals surface area contributed by atoms with Crippen molar-refractivity contribution in [3.63, 3.8) is 0 Å². The second-order valence-corrected chi connectivity index (χ2v) is 9.16. The number of hydrogen-bond donors (Lipinski definition) is 2. The Kier molecular flexibility index (Phi) is 8.32. The second kappa shape index (κ2) is 10.5. The molecule has 0 fully saturated rings. The number of rotatable bonds is 9. The molecule has 0 saturated carbocycles. The first-order valence-corrected chi connectivity index (χ1v) is 11.1. The van der Waals surface area contributed by atoms with Crippen LogP contribution < -0.4 is 16.2 Å². The van der Waals surface area contributed by atoms with Crippen molar-refractivity contribution >= 4 is 39.3 Å². The van der Waals surface area contributed by atoms with Gasteiger partial charge in [-0.3, -0.25) is 23.7 Å². The highest BCUT2D eigenvalue weighted by Crippen LogP contribution is 2.20. The molecule has 2 aromatic heterocycles. The summed E-state index contributed by atoms with van der Waals surface area (Å²) in [5.41, 5.74) is -0.661. The fraction of sp³-hybridized carbons (Fsp3) is 0.571. The number of nitrogens with one attached hydrogen (secondary N) is 2. The number of fused-ring (bicyclic) bond motifs is 1. The average molecular weight is 451 g/mol. The summed E-state index contributed by atoms with van der Waals surface area (Å²) in [6.07, 6.45) is 1.67. The lowest BCUT2D eigenvalue weighted by Crippen LogP contribution is -2.53. The molecule has 0 aliphatic heterocycles. The largest absolute Gasteiger partial charge is 0.465 e. The van der Waals surface area contributed by atoms with Crippen LogP contribution in [0.15, 0.2) is 22.6 Å². The van der Waals surface area contributed by atoms with Crippen molar-refractivity contribution in [2.45, 2.75) is 53.6 Å². The molecule has 31 heavy (non-hydrogen) atoms. The number of aromatic nitrogens is 2. The van der Waals surface area contributed by atoms with Crippen LogP contribution in [-0.2, 0) is 25.7 Å². The zero-order valence-corrected chi connectivity index (χ0v) is 19.4. The van der Waals surface area contributed by atoms with Gasteiger partial charge in [0.15, 0.2) is 0 Å². The molecule has 2 heterocycles. The summed E-state index contributed by atoms with van der Waals surface area (Å²) < 4.78 is 6.23. The van der Waals surface area contributed by atoms with Crippen molar-refractivity contribution in [3.8, 4) is 0 Å². The van der Waals surface area contributed by atoms with E-state index < -0.39 is 23.8 Å². The molecule has 0 bridgehead atoms. The molecule has 0 radical (unpaired) electrons. The van der Waals surface area contributed by atoms with Crippen LogP contribution in [0.4, 0.5) is 0 Å². The van der Waals surface area contributed by atoms with Crippen molar-refractivity contribution in [1.82, 2.24) is 20.2 Å². The van der Waals surface area contributed by atoms with Crippen molar-refractivity contribution in [3.05, 3.63) is 28.1 Å². The maximum absolute atomic E-state index is 12.6. The van der Waals surface area contributed by atoms with Crippen LogP contribution in [0.25, 0.3) is 10.2 Å². The van der Waals surface area contributed by atoms with Gasteiger partial charge in [-0.25, -0.2) is 4.98 Å². The molecular formula is C21H30N4O5S. The van der Waals surface area contributed by atoms with Gasteiger partial charge in [0.2, 0.25) is 11.8 Å². The number of thiophene rings is 1. The molecule has 0 aromatic carbocycles. The standard InChI is InChI=1S/C21H30N4O5S/c1-6-13(20(29)30-7-2)17(27)24-15(21(3,4)5)10-22-16(26)11-25-12-23-18-14(19(25)28)8-9-31-18/h8-9,12-13,15H,6-7,10-11H2,1-5H3,(H,22,26)(H,24,27)/t13?,15-/m1/s1. The fourth-order valence-corrected chi connectivity index (χ4v) is 3.70. The third-order valence-electron chi connectivity index (χ3n) is 4.93. The third kappa shape index (κ3) is 6.36. The van der Waals surface area contributed by atoms with Crippen LogP contribution in [0.1, 0.15) is 41.0 Å². The summed E-state index contributed by atoms with van der Waals surface area (Å²) in [6, 6.07) is 1.25. The van der Waals surface area contributed by atoms with Crippen LogP contribution in [0, 0.1) is 11.3 Å². The molecule has 2 atom stereocenters. The minimum Gasteiger partial charge on any atom is -0.465 e. The number of amides is 2.